The van der Waals surface area contributed by atoms with Gasteiger partial charge in [0.2, 0.25) is 0 Å². The molecule has 2 aromatic carbocycles. The molecule has 0 bridgehead atoms. The summed E-state index contributed by atoms with van der Waals surface area (Å²) in [5, 5.41) is 3.14. The van der Waals surface area contributed by atoms with Gasteiger partial charge in [0.15, 0.2) is 0 Å². The number of amides is 1. The maximum Gasteiger partial charge on any atom is 0.251 e. The lowest BCUT2D eigenvalue weighted by Crippen LogP contribution is -2.43. The first-order valence-electron chi connectivity index (χ1n) is 10.2. The second-order valence-electron chi connectivity index (χ2n) is 7.66. The number of ether oxygens (including phenoxy) is 2. The van der Waals surface area contributed by atoms with Gasteiger partial charge in [0.25, 0.3) is 5.91 Å². The number of methoxy groups -OCH3 is 1. The minimum Gasteiger partial charge on any atom is -0.497 e. The van der Waals surface area contributed by atoms with Gasteiger partial charge in [-0.3, -0.25) is 9.69 Å². The zero-order valence-corrected chi connectivity index (χ0v) is 17.2. The van der Waals surface area contributed by atoms with E-state index in [2.05, 4.69) is 40.4 Å². The van der Waals surface area contributed by atoms with Crippen molar-refractivity contribution in [1.82, 2.24) is 10.2 Å². The number of hydrogen-bond donors (Lipinski definition) is 1. The van der Waals surface area contributed by atoms with Gasteiger partial charge in [-0.1, -0.05) is 12.1 Å². The standard InChI is InChI=1S/C23H29N3O3/c1-25-10-9-19-15-18(5-8-21(19)25)22(26-11-13-29-14-12-26)16-24-23(27)17-3-6-20(28-2)7-4-17/h3-8,15,22H,9-14,16H2,1-2H3,(H,24,27)/t22-/m0/s1. The van der Waals surface area contributed by atoms with Crippen molar-refractivity contribution in [2.45, 2.75) is 12.5 Å². The topological polar surface area (TPSA) is 54.0 Å². The van der Waals surface area contributed by atoms with Crippen molar-refractivity contribution < 1.29 is 14.3 Å². The first-order chi connectivity index (χ1) is 14.2. The van der Waals surface area contributed by atoms with Crippen LogP contribution in [-0.2, 0) is 11.2 Å². The number of fused-ring (bicyclic) bond motifs is 1. The molecule has 6 nitrogen and oxygen atoms in total. The van der Waals surface area contributed by atoms with Crippen molar-refractivity contribution in [2.24, 2.45) is 0 Å². The smallest absolute Gasteiger partial charge is 0.251 e. The molecule has 0 radical (unpaired) electrons. The fourth-order valence-corrected chi connectivity index (χ4v) is 4.17. The molecule has 1 atom stereocenters. The lowest BCUT2D eigenvalue weighted by Gasteiger charge is -2.35. The van der Waals surface area contributed by atoms with Crippen molar-refractivity contribution in [3.8, 4) is 5.75 Å². The van der Waals surface area contributed by atoms with E-state index in [1.165, 1.54) is 16.8 Å². The van der Waals surface area contributed by atoms with Gasteiger partial charge >= 0.3 is 0 Å². The third-order valence-corrected chi connectivity index (χ3v) is 5.91. The number of likely N-dealkylation sites (N-methyl/N-ethyl adjacent to an activating group) is 1. The lowest BCUT2D eigenvalue weighted by molar-refractivity contribution is 0.0162. The van der Waals surface area contributed by atoms with Gasteiger partial charge in [0.1, 0.15) is 5.75 Å². The number of carbonyl (C=O) groups is 1. The Morgan fingerprint density at radius 2 is 1.90 bits per heavy atom. The van der Waals surface area contributed by atoms with Gasteiger partial charge in [0.05, 0.1) is 26.4 Å². The molecule has 1 N–H and O–H groups in total. The average molecular weight is 396 g/mol. The molecular formula is C23H29N3O3. The van der Waals surface area contributed by atoms with Gasteiger partial charge in [-0.25, -0.2) is 0 Å². The predicted octanol–water partition coefficient (Wildman–Crippen LogP) is 2.49. The molecule has 2 aliphatic rings. The monoisotopic (exact) mass is 395 g/mol. The highest BCUT2D eigenvalue weighted by atomic mass is 16.5. The van der Waals surface area contributed by atoms with Crippen LogP contribution in [-0.4, -0.2) is 64.4 Å². The second kappa shape index (κ2) is 8.84. The Hall–Kier alpha value is -2.57. The van der Waals surface area contributed by atoms with E-state index in [0.717, 1.165) is 45.0 Å². The molecule has 1 amide bonds. The number of nitrogens with one attached hydrogen (secondary N) is 1. The Kier molecular flexibility index (Phi) is 6.02. The van der Waals surface area contributed by atoms with Gasteiger partial charge in [-0.15, -0.1) is 0 Å². The van der Waals surface area contributed by atoms with E-state index >= 15 is 0 Å². The Bertz CT molecular complexity index is 847. The summed E-state index contributed by atoms with van der Waals surface area (Å²) < 4.78 is 10.7. The van der Waals surface area contributed by atoms with E-state index in [4.69, 9.17) is 9.47 Å². The van der Waals surface area contributed by atoms with Gasteiger partial charge < -0.3 is 19.7 Å². The molecule has 2 aliphatic heterocycles. The quantitative estimate of drug-likeness (QED) is 0.815. The summed E-state index contributed by atoms with van der Waals surface area (Å²) in [6.07, 6.45) is 1.08. The zero-order valence-electron chi connectivity index (χ0n) is 17.2. The molecule has 29 heavy (non-hydrogen) atoms. The second-order valence-corrected chi connectivity index (χ2v) is 7.66. The van der Waals surface area contributed by atoms with Gasteiger partial charge in [-0.05, 0) is 47.9 Å². The van der Waals surface area contributed by atoms with Crippen LogP contribution >= 0.6 is 0 Å². The minimum atomic E-state index is -0.0631. The van der Waals surface area contributed by atoms with Crippen molar-refractivity contribution >= 4 is 11.6 Å². The third-order valence-electron chi connectivity index (χ3n) is 5.91. The Morgan fingerprint density at radius 3 is 2.62 bits per heavy atom. The van der Waals surface area contributed by atoms with Crippen molar-refractivity contribution in [3.63, 3.8) is 0 Å². The number of morpholine rings is 1. The number of hydrogen-bond acceptors (Lipinski definition) is 5. The van der Waals surface area contributed by atoms with Crippen molar-refractivity contribution in [2.75, 3.05) is 58.5 Å². The highest BCUT2D eigenvalue weighted by molar-refractivity contribution is 5.94. The largest absolute Gasteiger partial charge is 0.497 e. The predicted molar refractivity (Wildman–Crippen MR) is 114 cm³/mol. The molecule has 0 saturated carbocycles. The van der Waals surface area contributed by atoms with Gasteiger partial charge in [0, 0.05) is 44.5 Å². The first-order valence-corrected chi connectivity index (χ1v) is 10.2. The number of nitrogens with zero attached hydrogens (tertiary/aromatic N) is 2. The van der Waals surface area contributed by atoms with E-state index in [9.17, 15) is 4.79 Å². The van der Waals surface area contributed by atoms with Crippen LogP contribution in [0.5, 0.6) is 5.75 Å². The SMILES string of the molecule is COc1ccc(C(=O)NC[C@@H](c2ccc3c(c2)CCN3C)N2CCOCC2)cc1. The zero-order chi connectivity index (χ0) is 20.2. The molecule has 0 aliphatic carbocycles. The molecule has 1 fully saturated rings. The minimum absolute atomic E-state index is 0.0631. The lowest BCUT2D eigenvalue weighted by atomic mass is 10.00. The summed E-state index contributed by atoms with van der Waals surface area (Å²) in [4.78, 5) is 17.4. The van der Waals surface area contributed by atoms with E-state index in [1.54, 1.807) is 19.2 Å². The fraction of sp³-hybridized carbons (Fsp3) is 0.435. The van der Waals surface area contributed by atoms with Crippen LogP contribution in [0.3, 0.4) is 0 Å². The highest BCUT2D eigenvalue weighted by Gasteiger charge is 2.25. The van der Waals surface area contributed by atoms with Crippen LogP contribution < -0.4 is 15.0 Å². The molecule has 0 spiro atoms. The highest BCUT2D eigenvalue weighted by Crippen LogP contribution is 2.31. The van der Waals surface area contributed by atoms with E-state index in [1.807, 2.05) is 12.1 Å². The van der Waals surface area contributed by atoms with Crippen molar-refractivity contribution in [1.29, 1.82) is 0 Å². The molecule has 4 rings (SSSR count). The van der Waals surface area contributed by atoms with Crippen LogP contribution in [0.4, 0.5) is 5.69 Å². The van der Waals surface area contributed by atoms with Crippen LogP contribution in [0, 0.1) is 0 Å². The summed E-state index contributed by atoms with van der Waals surface area (Å²) in [6, 6.07) is 14.1. The van der Waals surface area contributed by atoms with Crippen LogP contribution in [0.25, 0.3) is 0 Å². The normalized spacial score (nSPS) is 17.7. The summed E-state index contributed by atoms with van der Waals surface area (Å²) in [5.74, 6) is 0.683. The van der Waals surface area contributed by atoms with Crippen LogP contribution in [0.15, 0.2) is 42.5 Å². The number of rotatable bonds is 6. The van der Waals surface area contributed by atoms with E-state index in [0.29, 0.717) is 12.1 Å². The summed E-state index contributed by atoms with van der Waals surface area (Å²) in [7, 11) is 3.76. The molecule has 2 heterocycles. The summed E-state index contributed by atoms with van der Waals surface area (Å²) >= 11 is 0. The summed E-state index contributed by atoms with van der Waals surface area (Å²) in [6.45, 7) is 4.85. The summed E-state index contributed by atoms with van der Waals surface area (Å²) in [5.41, 5.74) is 4.61. The van der Waals surface area contributed by atoms with E-state index < -0.39 is 0 Å². The fourth-order valence-electron chi connectivity index (χ4n) is 4.17. The van der Waals surface area contributed by atoms with Gasteiger partial charge in [-0.2, -0.15) is 0 Å². The average Bonchev–Trinajstić information content (AvgIpc) is 3.15. The van der Waals surface area contributed by atoms with Crippen LogP contribution in [0.1, 0.15) is 27.5 Å². The number of benzene rings is 2. The third kappa shape index (κ3) is 4.38. The molecule has 1 saturated heterocycles. The van der Waals surface area contributed by atoms with E-state index in [-0.39, 0.29) is 11.9 Å². The maximum absolute atomic E-state index is 12.7. The molecule has 154 valence electrons. The first kappa shape index (κ1) is 19.7. The Morgan fingerprint density at radius 1 is 1.14 bits per heavy atom. The number of carbonyl (C=O) groups excluding carboxylic acids is 1. The Balaban J connectivity index is 1.50. The molecule has 0 unspecified atom stereocenters. The number of anilines is 1. The molecular weight excluding hydrogens is 366 g/mol. The molecule has 2 aromatic rings. The maximum atomic E-state index is 12.7. The molecule has 6 heteroatoms. The van der Waals surface area contributed by atoms with Crippen molar-refractivity contribution in [3.05, 3.63) is 59.2 Å². The Labute approximate surface area is 172 Å². The van der Waals surface area contributed by atoms with Crippen LogP contribution in [0.2, 0.25) is 0 Å². The molecule has 0 aromatic heterocycles.